The molecule has 0 aliphatic carbocycles. The SMILES string of the molecule is Cc1onc(NC(=O)NC(C)C2CCOCC2)c1C. The smallest absolute Gasteiger partial charge is 0.320 e. The molecule has 1 atom stereocenters. The Hall–Kier alpha value is -1.56. The van der Waals surface area contributed by atoms with E-state index in [-0.39, 0.29) is 12.1 Å². The number of rotatable bonds is 3. The number of urea groups is 1. The minimum atomic E-state index is -0.240. The van der Waals surface area contributed by atoms with Crippen molar-refractivity contribution in [3.63, 3.8) is 0 Å². The molecule has 106 valence electrons. The van der Waals surface area contributed by atoms with Crippen molar-refractivity contribution in [1.82, 2.24) is 10.5 Å². The average molecular weight is 267 g/mol. The van der Waals surface area contributed by atoms with Gasteiger partial charge in [0.1, 0.15) is 5.76 Å². The molecule has 2 amide bonds. The number of nitrogens with zero attached hydrogens (tertiary/aromatic N) is 1. The molecule has 0 radical (unpaired) electrons. The molecule has 1 aliphatic rings. The van der Waals surface area contributed by atoms with Gasteiger partial charge < -0.3 is 14.6 Å². The molecule has 1 fully saturated rings. The molecule has 0 saturated carbocycles. The molecule has 0 bridgehead atoms. The van der Waals surface area contributed by atoms with E-state index in [1.54, 1.807) is 0 Å². The van der Waals surface area contributed by atoms with Crippen molar-refractivity contribution in [3.05, 3.63) is 11.3 Å². The number of carbonyl (C=O) groups excluding carboxylic acids is 1. The highest BCUT2D eigenvalue weighted by atomic mass is 16.5. The first-order chi connectivity index (χ1) is 9.08. The van der Waals surface area contributed by atoms with E-state index in [4.69, 9.17) is 9.26 Å². The van der Waals surface area contributed by atoms with E-state index in [9.17, 15) is 4.79 Å². The van der Waals surface area contributed by atoms with Crippen LogP contribution in [0.3, 0.4) is 0 Å². The summed E-state index contributed by atoms with van der Waals surface area (Å²) in [6, 6.07) is -0.118. The summed E-state index contributed by atoms with van der Waals surface area (Å²) in [5, 5.41) is 9.47. The van der Waals surface area contributed by atoms with Crippen LogP contribution in [0.1, 0.15) is 31.1 Å². The van der Waals surface area contributed by atoms with Crippen LogP contribution >= 0.6 is 0 Å². The number of hydrogen-bond donors (Lipinski definition) is 2. The largest absolute Gasteiger partial charge is 0.381 e. The van der Waals surface area contributed by atoms with Gasteiger partial charge in [0.05, 0.1) is 0 Å². The molecule has 2 rings (SSSR count). The first-order valence-electron chi connectivity index (χ1n) is 6.66. The van der Waals surface area contributed by atoms with Gasteiger partial charge in [-0.15, -0.1) is 0 Å². The van der Waals surface area contributed by atoms with Gasteiger partial charge in [0.2, 0.25) is 0 Å². The van der Waals surface area contributed by atoms with Gasteiger partial charge in [-0.2, -0.15) is 0 Å². The summed E-state index contributed by atoms with van der Waals surface area (Å²) in [6.45, 7) is 7.26. The van der Waals surface area contributed by atoms with Crippen molar-refractivity contribution >= 4 is 11.8 Å². The summed E-state index contributed by atoms with van der Waals surface area (Å²) >= 11 is 0. The molecule has 1 unspecified atom stereocenters. The van der Waals surface area contributed by atoms with Gasteiger partial charge in [-0.05, 0) is 39.5 Å². The van der Waals surface area contributed by atoms with Crippen LogP contribution in [0.2, 0.25) is 0 Å². The molecule has 6 nitrogen and oxygen atoms in total. The third kappa shape index (κ3) is 3.47. The molecule has 6 heteroatoms. The molecule has 1 aromatic rings. The van der Waals surface area contributed by atoms with Crippen LogP contribution in [-0.2, 0) is 4.74 Å². The number of carbonyl (C=O) groups is 1. The quantitative estimate of drug-likeness (QED) is 0.880. The fourth-order valence-electron chi connectivity index (χ4n) is 2.22. The Labute approximate surface area is 112 Å². The Balaban J connectivity index is 1.85. The molecule has 1 saturated heterocycles. The maximum absolute atomic E-state index is 11.9. The second-order valence-electron chi connectivity index (χ2n) is 5.05. The maximum atomic E-state index is 11.9. The summed E-state index contributed by atoms with van der Waals surface area (Å²) in [5.74, 6) is 1.67. The number of anilines is 1. The fraction of sp³-hybridized carbons (Fsp3) is 0.692. The minimum Gasteiger partial charge on any atom is -0.381 e. The van der Waals surface area contributed by atoms with E-state index in [0.29, 0.717) is 17.5 Å². The molecule has 19 heavy (non-hydrogen) atoms. The number of aromatic nitrogens is 1. The van der Waals surface area contributed by atoms with Gasteiger partial charge in [-0.25, -0.2) is 4.79 Å². The molecule has 0 spiro atoms. The van der Waals surface area contributed by atoms with Crippen LogP contribution in [0.5, 0.6) is 0 Å². The lowest BCUT2D eigenvalue weighted by molar-refractivity contribution is 0.0573. The van der Waals surface area contributed by atoms with E-state index in [1.807, 2.05) is 20.8 Å². The van der Waals surface area contributed by atoms with Gasteiger partial charge in [0.25, 0.3) is 0 Å². The zero-order chi connectivity index (χ0) is 13.8. The summed E-state index contributed by atoms with van der Waals surface area (Å²) in [5.41, 5.74) is 0.855. The Kier molecular flexibility index (Phi) is 4.42. The number of aryl methyl sites for hydroxylation is 1. The third-order valence-corrected chi connectivity index (χ3v) is 3.72. The molecule has 0 aromatic carbocycles. The highest BCUT2D eigenvalue weighted by Gasteiger charge is 2.22. The van der Waals surface area contributed by atoms with Crippen LogP contribution in [-0.4, -0.2) is 30.4 Å². The van der Waals surface area contributed by atoms with Gasteiger partial charge in [-0.1, -0.05) is 5.16 Å². The average Bonchev–Trinajstić information content (AvgIpc) is 2.71. The van der Waals surface area contributed by atoms with Crippen molar-refractivity contribution < 1.29 is 14.1 Å². The van der Waals surface area contributed by atoms with Crippen LogP contribution < -0.4 is 10.6 Å². The van der Waals surface area contributed by atoms with E-state index in [0.717, 1.165) is 31.6 Å². The second kappa shape index (κ2) is 6.06. The molecular weight excluding hydrogens is 246 g/mol. The summed E-state index contributed by atoms with van der Waals surface area (Å²) in [7, 11) is 0. The number of ether oxygens (including phenoxy) is 1. The highest BCUT2D eigenvalue weighted by molar-refractivity contribution is 5.89. The lowest BCUT2D eigenvalue weighted by Crippen LogP contribution is -2.42. The van der Waals surface area contributed by atoms with E-state index < -0.39 is 0 Å². The molecule has 2 N–H and O–H groups in total. The predicted molar refractivity (Wildman–Crippen MR) is 71.1 cm³/mol. The summed E-state index contributed by atoms with van der Waals surface area (Å²) in [6.07, 6.45) is 1.98. The van der Waals surface area contributed by atoms with Crippen molar-refractivity contribution in [1.29, 1.82) is 0 Å². The number of hydrogen-bond acceptors (Lipinski definition) is 4. The topological polar surface area (TPSA) is 76.4 Å². The maximum Gasteiger partial charge on any atom is 0.320 e. The van der Waals surface area contributed by atoms with E-state index in [2.05, 4.69) is 15.8 Å². The van der Waals surface area contributed by atoms with Crippen molar-refractivity contribution in [2.45, 2.75) is 39.7 Å². The summed E-state index contributed by atoms with van der Waals surface area (Å²) < 4.78 is 10.3. The van der Waals surface area contributed by atoms with Crippen molar-refractivity contribution in [3.8, 4) is 0 Å². The van der Waals surface area contributed by atoms with Crippen LogP contribution in [0, 0.1) is 19.8 Å². The van der Waals surface area contributed by atoms with Gasteiger partial charge in [0.15, 0.2) is 5.82 Å². The first-order valence-corrected chi connectivity index (χ1v) is 6.66. The number of nitrogens with one attached hydrogen (secondary N) is 2. The van der Waals surface area contributed by atoms with Gasteiger partial charge >= 0.3 is 6.03 Å². The monoisotopic (exact) mass is 267 g/mol. The highest BCUT2D eigenvalue weighted by Crippen LogP contribution is 2.19. The molecule has 2 heterocycles. The Morgan fingerprint density at radius 3 is 2.63 bits per heavy atom. The van der Waals surface area contributed by atoms with Gasteiger partial charge in [0, 0.05) is 24.8 Å². The molecule has 1 aliphatic heterocycles. The van der Waals surface area contributed by atoms with Crippen LogP contribution in [0.4, 0.5) is 10.6 Å². The van der Waals surface area contributed by atoms with Crippen LogP contribution in [0.25, 0.3) is 0 Å². The Bertz CT molecular complexity index is 438. The van der Waals surface area contributed by atoms with Gasteiger partial charge in [-0.3, -0.25) is 5.32 Å². The van der Waals surface area contributed by atoms with E-state index in [1.165, 1.54) is 0 Å². The van der Waals surface area contributed by atoms with Crippen LogP contribution in [0.15, 0.2) is 4.52 Å². The predicted octanol–water partition coefficient (Wildman–Crippen LogP) is 2.23. The zero-order valence-corrected chi connectivity index (χ0v) is 11.7. The Morgan fingerprint density at radius 2 is 2.05 bits per heavy atom. The zero-order valence-electron chi connectivity index (χ0n) is 11.7. The van der Waals surface area contributed by atoms with Crippen molar-refractivity contribution in [2.24, 2.45) is 5.92 Å². The standard InChI is InChI=1S/C13H21N3O3/c1-8-10(3)19-16-12(8)15-13(17)14-9(2)11-4-6-18-7-5-11/h9,11H,4-7H2,1-3H3,(H2,14,15,16,17). The number of amides is 2. The minimum absolute atomic E-state index is 0.122. The van der Waals surface area contributed by atoms with Crippen molar-refractivity contribution in [2.75, 3.05) is 18.5 Å². The normalized spacial score (nSPS) is 18.1. The lowest BCUT2D eigenvalue weighted by Gasteiger charge is -2.28. The van der Waals surface area contributed by atoms with E-state index >= 15 is 0 Å². The second-order valence-corrected chi connectivity index (χ2v) is 5.05. The molecule has 1 aromatic heterocycles. The lowest BCUT2D eigenvalue weighted by atomic mass is 9.93. The summed E-state index contributed by atoms with van der Waals surface area (Å²) in [4.78, 5) is 11.9. The first kappa shape index (κ1) is 13.9. The molecular formula is C13H21N3O3. The fourth-order valence-corrected chi connectivity index (χ4v) is 2.22. The Morgan fingerprint density at radius 1 is 1.37 bits per heavy atom. The third-order valence-electron chi connectivity index (χ3n) is 3.72.